The Hall–Kier alpha value is -1.77. The molecule has 1 aromatic rings. The second-order valence-corrected chi connectivity index (χ2v) is 9.30. The smallest absolute Gasteiger partial charge is 0.261 e. The molecule has 0 aromatic heterocycles. The first kappa shape index (κ1) is 19.6. The Balaban J connectivity index is 1.95. The Kier molecular flexibility index (Phi) is 5.65. The number of carbonyl (C=O) groups excluding carboxylic acids is 2. The molecule has 0 radical (unpaired) electrons. The predicted octanol–water partition coefficient (Wildman–Crippen LogP) is 0.919. The Morgan fingerprint density at radius 2 is 1.64 bits per heavy atom. The molecule has 0 atom stereocenters. The van der Waals surface area contributed by atoms with Crippen molar-refractivity contribution in [2.24, 2.45) is 11.1 Å². The summed E-state index contributed by atoms with van der Waals surface area (Å²) in [7, 11) is -1.95. The van der Waals surface area contributed by atoms with E-state index in [1.165, 1.54) is 11.4 Å². The van der Waals surface area contributed by atoms with Crippen LogP contribution in [0, 0.1) is 5.41 Å². The van der Waals surface area contributed by atoms with Gasteiger partial charge in [-0.15, -0.1) is 0 Å². The Morgan fingerprint density at radius 3 is 2.12 bits per heavy atom. The molecule has 1 aromatic carbocycles. The van der Waals surface area contributed by atoms with Crippen LogP contribution in [0.25, 0.3) is 0 Å². The summed E-state index contributed by atoms with van der Waals surface area (Å²) in [5, 5.41) is 0. The summed E-state index contributed by atoms with van der Waals surface area (Å²) >= 11 is 0. The lowest BCUT2D eigenvalue weighted by atomic mass is 9.94. The number of amides is 2. The second-order valence-electron chi connectivity index (χ2n) is 7.10. The number of hydrogen-bond acceptors (Lipinski definition) is 5. The summed E-state index contributed by atoms with van der Waals surface area (Å²) in [6, 6.07) is 6.61. The molecule has 1 aliphatic heterocycles. The normalized spacial score (nSPS) is 15.2. The van der Waals surface area contributed by atoms with Gasteiger partial charge in [0.05, 0.1) is 16.9 Å². The van der Waals surface area contributed by atoms with E-state index in [9.17, 15) is 18.0 Å². The Bertz CT molecular complexity index is 739. The maximum Gasteiger partial charge on any atom is 0.261 e. The molecule has 138 valence electrons. The largest absolute Gasteiger partial charge is 0.330 e. The van der Waals surface area contributed by atoms with E-state index < -0.39 is 10.0 Å². The predicted molar refractivity (Wildman–Crippen MR) is 95.7 cm³/mol. The summed E-state index contributed by atoms with van der Waals surface area (Å²) in [6.07, 6.45) is 0.196. The number of rotatable bonds is 8. The number of fused-ring (bicyclic) bond motifs is 1. The zero-order valence-corrected chi connectivity index (χ0v) is 15.7. The van der Waals surface area contributed by atoms with E-state index in [2.05, 4.69) is 0 Å². The first-order valence-corrected chi connectivity index (χ1v) is 9.79. The zero-order valence-electron chi connectivity index (χ0n) is 14.9. The van der Waals surface area contributed by atoms with E-state index in [0.717, 1.165) is 4.90 Å². The lowest BCUT2D eigenvalue weighted by Gasteiger charge is -2.28. The van der Waals surface area contributed by atoms with Gasteiger partial charge in [0.2, 0.25) is 10.0 Å². The lowest BCUT2D eigenvalue weighted by molar-refractivity contribution is 0.0654. The minimum absolute atomic E-state index is 0.0830. The van der Waals surface area contributed by atoms with Crippen LogP contribution in [-0.4, -0.2) is 61.9 Å². The minimum Gasteiger partial charge on any atom is -0.330 e. The number of benzene rings is 1. The summed E-state index contributed by atoms with van der Waals surface area (Å²) in [6.45, 7) is 4.58. The third-order valence-electron chi connectivity index (χ3n) is 4.34. The van der Waals surface area contributed by atoms with E-state index in [4.69, 9.17) is 5.73 Å². The number of nitrogens with two attached hydrogens (primary N) is 1. The number of hydrogen-bond donors (Lipinski definition) is 1. The molecular formula is C17H25N3O4S. The van der Waals surface area contributed by atoms with Crippen LogP contribution in [0.2, 0.25) is 0 Å². The maximum atomic E-state index is 12.4. The highest BCUT2D eigenvalue weighted by Crippen LogP contribution is 2.23. The van der Waals surface area contributed by atoms with Crippen LogP contribution in [0.1, 0.15) is 41.0 Å². The highest BCUT2D eigenvalue weighted by molar-refractivity contribution is 7.89. The van der Waals surface area contributed by atoms with Gasteiger partial charge in [0.15, 0.2) is 0 Å². The van der Waals surface area contributed by atoms with Gasteiger partial charge in [-0.1, -0.05) is 26.0 Å². The van der Waals surface area contributed by atoms with Gasteiger partial charge in [0, 0.05) is 20.1 Å². The molecule has 7 nitrogen and oxygen atoms in total. The standard InChI is InChI=1S/C17H25N3O4S/c1-17(2,11-18)12-19(3)25(23,24)10-6-9-20-15(21)13-7-4-5-8-14(13)16(20)22/h4-5,7-8H,6,9-12,18H2,1-3H3. The van der Waals surface area contributed by atoms with Crippen molar-refractivity contribution in [2.75, 3.05) is 32.4 Å². The third kappa shape index (κ3) is 4.26. The fourth-order valence-electron chi connectivity index (χ4n) is 2.77. The van der Waals surface area contributed by atoms with Crippen molar-refractivity contribution in [3.63, 3.8) is 0 Å². The molecule has 2 amide bonds. The molecule has 0 aliphatic carbocycles. The number of imide groups is 1. The summed E-state index contributed by atoms with van der Waals surface area (Å²) in [4.78, 5) is 25.6. The average molecular weight is 367 g/mol. The first-order chi connectivity index (χ1) is 11.6. The van der Waals surface area contributed by atoms with Gasteiger partial charge in [0.1, 0.15) is 0 Å². The molecule has 2 N–H and O–H groups in total. The SMILES string of the molecule is CN(CC(C)(C)CN)S(=O)(=O)CCCN1C(=O)c2ccccc2C1=O. The fourth-order valence-corrected chi connectivity index (χ4v) is 4.12. The quantitative estimate of drug-likeness (QED) is 0.689. The summed E-state index contributed by atoms with van der Waals surface area (Å²) in [5.41, 5.74) is 6.08. The van der Waals surface area contributed by atoms with Crippen LogP contribution < -0.4 is 5.73 Å². The molecule has 1 aliphatic rings. The lowest BCUT2D eigenvalue weighted by Crippen LogP contribution is -2.41. The highest BCUT2D eigenvalue weighted by Gasteiger charge is 2.35. The van der Waals surface area contributed by atoms with E-state index in [1.807, 2.05) is 13.8 Å². The Labute approximate surface area is 148 Å². The molecule has 0 saturated carbocycles. The average Bonchev–Trinajstić information content (AvgIpc) is 2.79. The van der Waals surface area contributed by atoms with Crippen molar-refractivity contribution < 1.29 is 18.0 Å². The molecule has 25 heavy (non-hydrogen) atoms. The molecule has 0 unspecified atom stereocenters. The molecular weight excluding hydrogens is 342 g/mol. The van der Waals surface area contributed by atoms with Crippen LogP contribution in [-0.2, 0) is 10.0 Å². The molecule has 1 heterocycles. The maximum absolute atomic E-state index is 12.4. The van der Waals surface area contributed by atoms with E-state index in [0.29, 0.717) is 24.2 Å². The van der Waals surface area contributed by atoms with E-state index in [-0.39, 0.29) is 35.9 Å². The van der Waals surface area contributed by atoms with Gasteiger partial charge in [-0.3, -0.25) is 14.5 Å². The van der Waals surface area contributed by atoms with Crippen molar-refractivity contribution in [3.05, 3.63) is 35.4 Å². The van der Waals surface area contributed by atoms with Crippen LogP contribution in [0.5, 0.6) is 0 Å². The van der Waals surface area contributed by atoms with Crippen molar-refractivity contribution in [2.45, 2.75) is 20.3 Å². The summed E-state index contributed by atoms with van der Waals surface area (Å²) in [5.74, 6) is -0.858. The van der Waals surface area contributed by atoms with Gasteiger partial charge >= 0.3 is 0 Å². The van der Waals surface area contributed by atoms with Crippen LogP contribution in [0.3, 0.4) is 0 Å². The highest BCUT2D eigenvalue weighted by atomic mass is 32.2. The molecule has 0 fully saturated rings. The Morgan fingerprint density at radius 1 is 1.12 bits per heavy atom. The molecule has 8 heteroatoms. The van der Waals surface area contributed by atoms with Crippen LogP contribution in [0.4, 0.5) is 0 Å². The summed E-state index contributed by atoms with van der Waals surface area (Å²) < 4.78 is 26.0. The van der Waals surface area contributed by atoms with Crippen molar-refractivity contribution in [1.29, 1.82) is 0 Å². The molecule has 0 bridgehead atoms. The van der Waals surface area contributed by atoms with E-state index >= 15 is 0 Å². The fraction of sp³-hybridized carbons (Fsp3) is 0.529. The number of carbonyl (C=O) groups is 2. The third-order valence-corrected chi connectivity index (χ3v) is 6.22. The topological polar surface area (TPSA) is 101 Å². The van der Waals surface area contributed by atoms with E-state index in [1.54, 1.807) is 24.3 Å². The minimum atomic E-state index is -3.47. The monoisotopic (exact) mass is 367 g/mol. The van der Waals surface area contributed by atoms with Gasteiger partial charge in [-0.25, -0.2) is 12.7 Å². The van der Waals surface area contributed by atoms with Crippen LogP contribution in [0.15, 0.2) is 24.3 Å². The van der Waals surface area contributed by atoms with Gasteiger partial charge in [-0.05, 0) is 30.5 Å². The molecule has 0 spiro atoms. The van der Waals surface area contributed by atoms with Gasteiger partial charge < -0.3 is 5.73 Å². The van der Waals surface area contributed by atoms with Gasteiger partial charge in [0.25, 0.3) is 11.8 Å². The second kappa shape index (κ2) is 7.23. The van der Waals surface area contributed by atoms with Crippen molar-refractivity contribution >= 4 is 21.8 Å². The van der Waals surface area contributed by atoms with Crippen LogP contribution >= 0.6 is 0 Å². The van der Waals surface area contributed by atoms with Crippen molar-refractivity contribution in [3.8, 4) is 0 Å². The van der Waals surface area contributed by atoms with Gasteiger partial charge in [-0.2, -0.15) is 0 Å². The number of sulfonamides is 1. The zero-order chi connectivity index (χ0) is 18.8. The molecule has 2 rings (SSSR count). The van der Waals surface area contributed by atoms with Crippen molar-refractivity contribution in [1.82, 2.24) is 9.21 Å². The first-order valence-electron chi connectivity index (χ1n) is 8.18. The number of nitrogens with zero attached hydrogens (tertiary/aromatic N) is 2. The molecule has 0 saturated heterocycles.